The number of aryl methyl sites for hydroxylation is 1. The number of aromatic nitrogens is 2. The molecule has 0 aliphatic rings. The third kappa shape index (κ3) is 1.96. The van der Waals surface area contributed by atoms with Crippen molar-refractivity contribution >= 4 is 12.7 Å². The molecule has 0 saturated carbocycles. The maximum absolute atomic E-state index is 8.86. The van der Waals surface area contributed by atoms with Crippen molar-refractivity contribution in [3.8, 4) is 0 Å². The summed E-state index contributed by atoms with van der Waals surface area (Å²) in [5.41, 5.74) is 0.414. The first-order chi connectivity index (χ1) is 5.75. The topological polar surface area (TPSA) is 58.3 Å². The maximum atomic E-state index is 8.86. The van der Waals surface area contributed by atoms with E-state index in [0.29, 0.717) is 12.1 Å². The highest BCUT2D eigenvalue weighted by molar-refractivity contribution is 6.57. The highest BCUT2D eigenvalue weighted by Gasteiger charge is 2.15. The summed E-state index contributed by atoms with van der Waals surface area (Å²) in [7, 11) is -1.45. The largest absolute Gasteiger partial charge is 0.507 e. The minimum absolute atomic E-state index is 0.414. The van der Waals surface area contributed by atoms with Gasteiger partial charge in [0.25, 0.3) is 0 Å². The van der Waals surface area contributed by atoms with E-state index >= 15 is 0 Å². The van der Waals surface area contributed by atoms with E-state index in [9.17, 15) is 0 Å². The molecule has 0 bridgehead atoms. The van der Waals surface area contributed by atoms with Gasteiger partial charge in [-0.25, -0.2) is 0 Å². The van der Waals surface area contributed by atoms with Crippen LogP contribution in [0, 0.1) is 0 Å². The summed E-state index contributed by atoms with van der Waals surface area (Å²) in [4.78, 5) is 0. The number of nitrogens with zero attached hydrogens (tertiary/aromatic N) is 2. The lowest BCUT2D eigenvalue weighted by atomic mass is 9.86. The van der Waals surface area contributed by atoms with Crippen molar-refractivity contribution in [1.29, 1.82) is 0 Å². The first kappa shape index (κ1) is 9.03. The van der Waals surface area contributed by atoms with Crippen LogP contribution in [-0.2, 0) is 6.54 Å². The van der Waals surface area contributed by atoms with Gasteiger partial charge in [0.1, 0.15) is 0 Å². The summed E-state index contributed by atoms with van der Waals surface area (Å²) >= 11 is 0. The Hall–Kier alpha value is -1.07. The van der Waals surface area contributed by atoms with Gasteiger partial charge in [0.05, 0.1) is 5.59 Å². The summed E-state index contributed by atoms with van der Waals surface area (Å²) in [5, 5.41) is 21.6. The molecule has 0 amide bonds. The molecule has 0 atom stereocenters. The SMILES string of the molecule is C=CCCn1nccc1B(O)O. The van der Waals surface area contributed by atoms with E-state index in [0.717, 1.165) is 6.42 Å². The minimum atomic E-state index is -1.45. The zero-order chi connectivity index (χ0) is 8.97. The second kappa shape index (κ2) is 4.08. The minimum Gasteiger partial charge on any atom is -0.422 e. The lowest BCUT2D eigenvalue weighted by Crippen LogP contribution is -2.36. The second-order valence-electron chi connectivity index (χ2n) is 2.43. The average molecular weight is 166 g/mol. The van der Waals surface area contributed by atoms with Crippen molar-refractivity contribution in [2.45, 2.75) is 13.0 Å². The Bertz CT molecular complexity index is 260. The molecule has 4 nitrogen and oxygen atoms in total. The quantitative estimate of drug-likeness (QED) is 0.452. The summed E-state index contributed by atoms with van der Waals surface area (Å²) < 4.78 is 1.55. The van der Waals surface area contributed by atoms with Crippen LogP contribution >= 0.6 is 0 Å². The summed E-state index contributed by atoms with van der Waals surface area (Å²) in [6.07, 6.45) is 4.06. The molecule has 0 aliphatic carbocycles. The standard InChI is InChI=1S/C7H11BN2O2/c1-2-3-6-10-7(8(11)12)4-5-9-10/h2,4-5,11-12H,1,3,6H2. The van der Waals surface area contributed by atoms with Crippen LogP contribution < -0.4 is 5.59 Å². The van der Waals surface area contributed by atoms with Gasteiger partial charge in [0.15, 0.2) is 0 Å². The molecule has 0 fully saturated rings. The van der Waals surface area contributed by atoms with Gasteiger partial charge in [-0.15, -0.1) is 6.58 Å². The molecular weight excluding hydrogens is 155 g/mol. The van der Waals surface area contributed by atoms with E-state index in [1.807, 2.05) is 0 Å². The predicted molar refractivity (Wildman–Crippen MR) is 46.9 cm³/mol. The molecule has 0 saturated heterocycles. The van der Waals surface area contributed by atoms with E-state index in [-0.39, 0.29) is 0 Å². The molecule has 1 heterocycles. The van der Waals surface area contributed by atoms with Crippen molar-refractivity contribution in [2.75, 3.05) is 0 Å². The summed E-state index contributed by atoms with van der Waals surface area (Å²) in [6, 6.07) is 1.58. The number of hydrogen-bond donors (Lipinski definition) is 2. The first-order valence-corrected chi connectivity index (χ1v) is 3.74. The Morgan fingerprint density at radius 2 is 2.42 bits per heavy atom. The van der Waals surface area contributed by atoms with Crippen molar-refractivity contribution in [3.05, 3.63) is 24.9 Å². The molecule has 0 spiro atoms. The molecule has 0 unspecified atom stereocenters. The molecule has 12 heavy (non-hydrogen) atoms. The van der Waals surface area contributed by atoms with Crippen molar-refractivity contribution in [2.24, 2.45) is 0 Å². The third-order valence-electron chi connectivity index (χ3n) is 1.56. The second-order valence-corrected chi connectivity index (χ2v) is 2.43. The molecule has 64 valence electrons. The normalized spacial score (nSPS) is 9.83. The lowest BCUT2D eigenvalue weighted by Gasteiger charge is -2.03. The zero-order valence-electron chi connectivity index (χ0n) is 6.72. The number of allylic oxidation sites excluding steroid dienone is 1. The molecule has 2 N–H and O–H groups in total. The Balaban J connectivity index is 2.70. The monoisotopic (exact) mass is 166 g/mol. The molecule has 0 aliphatic heterocycles. The highest BCUT2D eigenvalue weighted by Crippen LogP contribution is 1.88. The van der Waals surface area contributed by atoms with Gasteiger partial charge >= 0.3 is 7.12 Å². The predicted octanol–water partition coefficient (Wildman–Crippen LogP) is -0.861. The Morgan fingerprint density at radius 1 is 1.67 bits per heavy atom. The van der Waals surface area contributed by atoms with Gasteiger partial charge in [0.2, 0.25) is 0 Å². The van der Waals surface area contributed by atoms with Crippen LogP contribution in [0.15, 0.2) is 24.9 Å². The van der Waals surface area contributed by atoms with Crippen molar-refractivity contribution in [3.63, 3.8) is 0 Å². The number of rotatable bonds is 4. The maximum Gasteiger partial charge on any atom is 0.507 e. The third-order valence-corrected chi connectivity index (χ3v) is 1.56. The van der Waals surface area contributed by atoms with Crippen LogP contribution in [0.3, 0.4) is 0 Å². The molecule has 1 rings (SSSR count). The molecule has 0 radical (unpaired) electrons. The lowest BCUT2D eigenvalue weighted by molar-refractivity contribution is 0.419. The van der Waals surface area contributed by atoms with Crippen LogP contribution in [-0.4, -0.2) is 26.9 Å². The Morgan fingerprint density at radius 3 is 3.00 bits per heavy atom. The van der Waals surface area contributed by atoms with Crippen LogP contribution in [0.1, 0.15) is 6.42 Å². The van der Waals surface area contributed by atoms with Crippen molar-refractivity contribution < 1.29 is 10.0 Å². The molecule has 0 aromatic carbocycles. The smallest absolute Gasteiger partial charge is 0.422 e. The highest BCUT2D eigenvalue weighted by atomic mass is 16.4. The fraction of sp³-hybridized carbons (Fsp3) is 0.286. The van der Waals surface area contributed by atoms with Gasteiger partial charge in [-0.05, 0) is 12.5 Å². The molecule has 1 aromatic heterocycles. The van der Waals surface area contributed by atoms with E-state index < -0.39 is 7.12 Å². The van der Waals surface area contributed by atoms with Gasteiger partial charge in [-0.1, -0.05) is 6.08 Å². The zero-order valence-corrected chi connectivity index (χ0v) is 6.72. The van der Waals surface area contributed by atoms with Gasteiger partial charge in [0, 0.05) is 12.7 Å². The average Bonchev–Trinajstić information content (AvgIpc) is 2.48. The van der Waals surface area contributed by atoms with E-state index in [2.05, 4.69) is 11.7 Å². The summed E-state index contributed by atoms with van der Waals surface area (Å²) in [6.45, 7) is 4.20. The van der Waals surface area contributed by atoms with Crippen LogP contribution in [0.4, 0.5) is 0 Å². The molecule has 5 heteroatoms. The number of hydrogen-bond acceptors (Lipinski definition) is 3. The van der Waals surface area contributed by atoms with Gasteiger partial charge in [-0.3, -0.25) is 4.68 Å². The van der Waals surface area contributed by atoms with Crippen LogP contribution in [0.2, 0.25) is 0 Å². The van der Waals surface area contributed by atoms with Gasteiger partial charge < -0.3 is 10.0 Å². The van der Waals surface area contributed by atoms with Crippen molar-refractivity contribution in [1.82, 2.24) is 9.78 Å². The van der Waals surface area contributed by atoms with E-state index in [1.165, 1.54) is 6.20 Å². The molecular formula is C7H11BN2O2. The Kier molecular flexibility index (Phi) is 3.07. The fourth-order valence-electron chi connectivity index (χ4n) is 0.963. The van der Waals surface area contributed by atoms with Gasteiger partial charge in [-0.2, -0.15) is 5.10 Å². The first-order valence-electron chi connectivity index (χ1n) is 3.74. The van der Waals surface area contributed by atoms with E-state index in [4.69, 9.17) is 10.0 Å². The summed E-state index contributed by atoms with van der Waals surface area (Å²) in [5.74, 6) is 0. The van der Waals surface area contributed by atoms with Crippen LogP contribution in [0.25, 0.3) is 0 Å². The van der Waals surface area contributed by atoms with E-state index in [1.54, 1.807) is 16.8 Å². The molecule has 1 aromatic rings. The Labute approximate surface area is 71.3 Å². The fourth-order valence-corrected chi connectivity index (χ4v) is 0.963. The van der Waals surface area contributed by atoms with Crippen LogP contribution in [0.5, 0.6) is 0 Å².